The number of hydrogen-bond donors (Lipinski definition) is 0. The molecule has 140 valence electrons. The van der Waals surface area contributed by atoms with Crippen LogP contribution in [0.2, 0.25) is 0 Å². The fraction of sp³-hybridized carbons (Fsp3) is 0.381. The smallest absolute Gasteiger partial charge is 0.223 e. The molecule has 6 nitrogen and oxygen atoms in total. The minimum absolute atomic E-state index is 0.223. The first-order valence-corrected chi connectivity index (χ1v) is 9.44. The van der Waals surface area contributed by atoms with Crippen molar-refractivity contribution in [3.8, 4) is 17.0 Å². The zero-order valence-corrected chi connectivity index (χ0v) is 15.8. The lowest BCUT2D eigenvalue weighted by Gasteiger charge is -2.17. The van der Waals surface area contributed by atoms with Crippen LogP contribution >= 0.6 is 0 Å². The maximum Gasteiger partial charge on any atom is 0.223 e. The number of fused-ring (bicyclic) bond motifs is 1. The van der Waals surface area contributed by atoms with Crippen molar-refractivity contribution >= 4 is 11.6 Å². The van der Waals surface area contributed by atoms with Crippen LogP contribution in [0.25, 0.3) is 16.9 Å². The van der Waals surface area contributed by atoms with Crippen molar-refractivity contribution in [2.45, 2.75) is 32.7 Å². The fourth-order valence-corrected chi connectivity index (χ4v) is 3.84. The van der Waals surface area contributed by atoms with Crippen molar-refractivity contribution < 1.29 is 9.53 Å². The normalized spacial score (nSPS) is 17.0. The summed E-state index contributed by atoms with van der Waals surface area (Å²) in [5.41, 5.74) is 3.63. The Morgan fingerprint density at radius 1 is 1.26 bits per heavy atom. The lowest BCUT2D eigenvalue weighted by Crippen LogP contribution is -2.25. The van der Waals surface area contributed by atoms with Gasteiger partial charge in [0.15, 0.2) is 11.4 Å². The van der Waals surface area contributed by atoms with Gasteiger partial charge in [0.2, 0.25) is 5.91 Å². The topological polar surface area (TPSA) is 59.7 Å². The first kappa shape index (κ1) is 17.5. The molecule has 3 aromatic rings. The first-order chi connectivity index (χ1) is 13.2. The van der Waals surface area contributed by atoms with Gasteiger partial charge in [0.1, 0.15) is 5.69 Å². The Hall–Kier alpha value is -2.89. The summed E-state index contributed by atoms with van der Waals surface area (Å²) in [7, 11) is 1.61. The van der Waals surface area contributed by atoms with Gasteiger partial charge in [-0.05, 0) is 12.3 Å². The molecule has 1 saturated heterocycles. The molecular formula is C21H24N4O2. The number of aromatic nitrogens is 3. The van der Waals surface area contributed by atoms with Crippen LogP contribution in [0.5, 0.6) is 5.75 Å². The predicted octanol–water partition coefficient (Wildman–Crippen LogP) is 3.55. The summed E-state index contributed by atoms with van der Waals surface area (Å²) in [5, 5.41) is 4.75. The standard InChI is InChI=1S/C21H24N4O2/c1-3-7-15-10-19(26)24(12-15)14-18-20(16-8-5-4-6-9-16)23-25-13-17(27-2)11-22-21(18)25/h4-6,8-9,11,13,15H,3,7,10,12,14H2,1-2H3. The van der Waals surface area contributed by atoms with Crippen molar-refractivity contribution in [1.82, 2.24) is 19.5 Å². The van der Waals surface area contributed by atoms with Gasteiger partial charge >= 0.3 is 0 Å². The molecule has 0 saturated carbocycles. The van der Waals surface area contributed by atoms with Gasteiger partial charge in [-0.15, -0.1) is 0 Å². The van der Waals surface area contributed by atoms with Crippen molar-refractivity contribution in [3.63, 3.8) is 0 Å². The van der Waals surface area contributed by atoms with Gasteiger partial charge in [-0.1, -0.05) is 43.7 Å². The fourth-order valence-electron chi connectivity index (χ4n) is 3.84. The molecule has 0 radical (unpaired) electrons. The zero-order valence-electron chi connectivity index (χ0n) is 15.8. The Bertz CT molecular complexity index is 951. The number of methoxy groups -OCH3 is 1. The van der Waals surface area contributed by atoms with Crippen molar-refractivity contribution in [2.75, 3.05) is 13.7 Å². The van der Waals surface area contributed by atoms with Gasteiger partial charge in [-0.2, -0.15) is 5.10 Å². The molecule has 1 aromatic carbocycles. The maximum absolute atomic E-state index is 12.5. The van der Waals surface area contributed by atoms with E-state index in [4.69, 9.17) is 9.84 Å². The molecule has 1 aliphatic rings. The van der Waals surface area contributed by atoms with Crippen LogP contribution in [0.15, 0.2) is 42.7 Å². The molecule has 1 fully saturated rings. The largest absolute Gasteiger partial charge is 0.494 e. The summed E-state index contributed by atoms with van der Waals surface area (Å²) in [6.45, 7) is 3.52. The highest BCUT2D eigenvalue weighted by Crippen LogP contribution is 2.30. The van der Waals surface area contributed by atoms with E-state index >= 15 is 0 Å². The minimum Gasteiger partial charge on any atom is -0.494 e. The number of amides is 1. The second-order valence-electron chi connectivity index (χ2n) is 7.09. The maximum atomic E-state index is 12.5. The molecule has 4 rings (SSSR count). The molecule has 0 spiro atoms. The Balaban J connectivity index is 1.75. The van der Waals surface area contributed by atoms with Gasteiger partial charge in [0, 0.05) is 24.1 Å². The van der Waals surface area contributed by atoms with E-state index in [0.29, 0.717) is 24.6 Å². The van der Waals surface area contributed by atoms with Gasteiger partial charge in [-0.25, -0.2) is 9.50 Å². The van der Waals surface area contributed by atoms with E-state index in [9.17, 15) is 4.79 Å². The zero-order chi connectivity index (χ0) is 18.8. The number of hydrogen-bond acceptors (Lipinski definition) is 4. The third-order valence-corrected chi connectivity index (χ3v) is 5.17. The summed E-state index contributed by atoms with van der Waals surface area (Å²) in [6, 6.07) is 10.0. The third-order valence-electron chi connectivity index (χ3n) is 5.17. The number of ether oxygens (including phenoxy) is 1. The number of carbonyl (C=O) groups excluding carboxylic acids is 1. The highest BCUT2D eigenvalue weighted by Gasteiger charge is 2.30. The van der Waals surface area contributed by atoms with Crippen LogP contribution in [0.1, 0.15) is 31.7 Å². The van der Waals surface area contributed by atoms with E-state index in [1.54, 1.807) is 17.8 Å². The van der Waals surface area contributed by atoms with Crippen molar-refractivity contribution in [1.29, 1.82) is 0 Å². The van der Waals surface area contributed by atoms with Gasteiger partial charge in [-0.3, -0.25) is 4.79 Å². The van der Waals surface area contributed by atoms with Crippen LogP contribution in [0.3, 0.4) is 0 Å². The Kier molecular flexibility index (Phi) is 4.79. The van der Waals surface area contributed by atoms with Crippen LogP contribution in [0, 0.1) is 5.92 Å². The molecule has 0 N–H and O–H groups in total. The highest BCUT2D eigenvalue weighted by atomic mass is 16.5. The van der Waals surface area contributed by atoms with Gasteiger partial charge in [0.25, 0.3) is 0 Å². The molecule has 27 heavy (non-hydrogen) atoms. The number of nitrogens with zero attached hydrogens (tertiary/aromatic N) is 4. The molecule has 1 aliphatic heterocycles. The van der Waals surface area contributed by atoms with Crippen molar-refractivity contribution in [2.24, 2.45) is 5.92 Å². The van der Waals surface area contributed by atoms with Crippen LogP contribution in [-0.4, -0.2) is 39.1 Å². The molecule has 6 heteroatoms. The molecular weight excluding hydrogens is 340 g/mol. The summed E-state index contributed by atoms with van der Waals surface area (Å²) in [4.78, 5) is 19.0. The quantitative estimate of drug-likeness (QED) is 0.671. The molecule has 0 aliphatic carbocycles. The second kappa shape index (κ2) is 7.39. The molecule has 0 bridgehead atoms. The average Bonchev–Trinajstić information content (AvgIpc) is 3.23. The van der Waals surface area contributed by atoms with E-state index in [-0.39, 0.29) is 5.91 Å². The molecule has 3 heterocycles. The average molecular weight is 364 g/mol. The summed E-state index contributed by atoms with van der Waals surface area (Å²) in [6.07, 6.45) is 6.37. The Morgan fingerprint density at radius 3 is 2.81 bits per heavy atom. The lowest BCUT2D eigenvalue weighted by molar-refractivity contribution is -0.128. The van der Waals surface area contributed by atoms with Crippen LogP contribution in [0.4, 0.5) is 0 Å². The van der Waals surface area contributed by atoms with E-state index in [0.717, 1.165) is 41.9 Å². The van der Waals surface area contributed by atoms with Crippen LogP contribution in [-0.2, 0) is 11.3 Å². The monoisotopic (exact) mass is 364 g/mol. The number of rotatable bonds is 6. The summed E-state index contributed by atoms with van der Waals surface area (Å²) < 4.78 is 7.03. The summed E-state index contributed by atoms with van der Waals surface area (Å²) in [5.74, 6) is 1.33. The highest BCUT2D eigenvalue weighted by molar-refractivity contribution is 5.80. The molecule has 1 atom stereocenters. The number of benzene rings is 1. The molecule has 1 unspecified atom stereocenters. The predicted molar refractivity (Wildman–Crippen MR) is 103 cm³/mol. The van der Waals surface area contributed by atoms with Gasteiger partial charge < -0.3 is 9.64 Å². The Morgan fingerprint density at radius 2 is 2.07 bits per heavy atom. The Labute approximate surface area is 158 Å². The second-order valence-corrected chi connectivity index (χ2v) is 7.09. The molecule has 1 amide bonds. The van der Waals surface area contributed by atoms with Crippen LogP contribution < -0.4 is 4.74 Å². The number of likely N-dealkylation sites (tertiary alicyclic amines) is 1. The minimum atomic E-state index is 0.223. The first-order valence-electron chi connectivity index (χ1n) is 9.44. The van der Waals surface area contributed by atoms with E-state index in [1.807, 2.05) is 41.4 Å². The van der Waals surface area contributed by atoms with E-state index in [1.165, 1.54) is 0 Å². The third kappa shape index (κ3) is 3.39. The van der Waals surface area contributed by atoms with E-state index < -0.39 is 0 Å². The van der Waals surface area contributed by atoms with Gasteiger partial charge in [0.05, 0.1) is 26.0 Å². The summed E-state index contributed by atoms with van der Waals surface area (Å²) >= 11 is 0. The van der Waals surface area contributed by atoms with E-state index in [2.05, 4.69) is 11.9 Å². The SMILES string of the molecule is CCCC1CC(=O)N(Cc2c(-c3ccccc3)nn3cc(OC)cnc23)C1. The van der Waals surface area contributed by atoms with Crippen molar-refractivity contribution in [3.05, 3.63) is 48.3 Å². The lowest BCUT2D eigenvalue weighted by atomic mass is 10.0. The number of carbonyl (C=O) groups is 1. The molecule has 2 aromatic heterocycles.